The van der Waals surface area contributed by atoms with Crippen LogP contribution in [-0.2, 0) is 6.61 Å². The molecule has 0 atom stereocenters. The van der Waals surface area contributed by atoms with Crippen LogP contribution in [0.25, 0.3) is 0 Å². The van der Waals surface area contributed by atoms with E-state index in [0.717, 1.165) is 27.3 Å². The first-order valence-electron chi connectivity index (χ1n) is 5.82. The van der Waals surface area contributed by atoms with Gasteiger partial charge in [0, 0.05) is 0 Å². The highest BCUT2D eigenvalue weighted by molar-refractivity contribution is 9.10. The number of rotatable bonds is 5. The summed E-state index contributed by atoms with van der Waals surface area (Å²) < 4.78 is 17.0. The molecule has 0 radical (unpaired) electrons. The van der Waals surface area contributed by atoms with E-state index in [9.17, 15) is 0 Å². The Labute approximate surface area is 121 Å². The van der Waals surface area contributed by atoms with Crippen molar-refractivity contribution in [1.29, 1.82) is 0 Å². The SMILES string of the molecule is COc1cccc(COc2ccc(OC)cc2Br)c1. The zero-order valence-electron chi connectivity index (χ0n) is 10.9. The summed E-state index contributed by atoms with van der Waals surface area (Å²) in [7, 11) is 3.29. The molecule has 19 heavy (non-hydrogen) atoms. The number of halogens is 1. The smallest absolute Gasteiger partial charge is 0.134 e. The monoisotopic (exact) mass is 322 g/mol. The van der Waals surface area contributed by atoms with Gasteiger partial charge in [0.15, 0.2) is 0 Å². The molecule has 2 rings (SSSR count). The van der Waals surface area contributed by atoms with E-state index in [1.165, 1.54) is 0 Å². The maximum Gasteiger partial charge on any atom is 0.134 e. The molecule has 0 spiro atoms. The second kappa shape index (κ2) is 6.48. The van der Waals surface area contributed by atoms with E-state index in [2.05, 4.69) is 15.9 Å². The van der Waals surface area contributed by atoms with E-state index in [4.69, 9.17) is 14.2 Å². The Balaban J connectivity index is 2.05. The van der Waals surface area contributed by atoms with Gasteiger partial charge >= 0.3 is 0 Å². The predicted octanol–water partition coefficient (Wildman–Crippen LogP) is 4.05. The van der Waals surface area contributed by atoms with Gasteiger partial charge in [-0.15, -0.1) is 0 Å². The van der Waals surface area contributed by atoms with Crippen LogP contribution in [0.5, 0.6) is 17.2 Å². The largest absolute Gasteiger partial charge is 0.497 e. The average Bonchev–Trinajstić information content (AvgIpc) is 2.46. The first-order valence-corrected chi connectivity index (χ1v) is 6.61. The topological polar surface area (TPSA) is 27.7 Å². The Morgan fingerprint density at radius 1 is 0.947 bits per heavy atom. The maximum atomic E-state index is 5.76. The molecule has 0 saturated carbocycles. The third kappa shape index (κ3) is 3.64. The third-order valence-electron chi connectivity index (χ3n) is 2.67. The number of methoxy groups -OCH3 is 2. The summed E-state index contributed by atoms with van der Waals surface area (Å²) in [5.74, 6) is 2.40. The highest BCUT2D eigenvalue weighted by Crippen LogP contribution is 2.29. The van der Waals surface area contributed by atoms with Gasteiger partial charge in [0.05, 0.1) is 18.7 Å². The fourth-order valence-corrected chi connectivity index (χ4v) is 2.12. The molecule has 0 N–H and O–H groups in total. The lowest BCUT2D eigenvalue weighted by molar-refractivity contribution is 0.302. The minimum absolute atomic E-state index is 0.488. The minimum atomic E-state index is 0.488. The molecular formula is C15H15BrO3. The fraction of sp³-hybridized carbons (Fsp3) is 0.200. The zero-order chi connectivity index (χ0) is 13.7. The lowest BCUT2D eigenvalue weighted by Gasteiger charge is -2.10. The molecule has 0 aliphatic carbocycles. The lowest BCUT2D eigenvalue weighted by Crippen LogP contribution is -1.97. The van der Waals surface area contributed by atoms with Crippen LogP contribution in [-0.4, -0.2) is 14.2 Å². The summed E-state index contributed by atoms with van der Waals surface area (Å²) in [6, 6.07) is 13.4. The number of hydrogen-bond donors (Lipinski definition) is 0. The molecule has 0 unspecified atom stereocenters. The van der Waals surface area contributed by atoms with Gasteiger partial charge in [-0.1, -0.05) is 12.1 Å². The Bertz CT molecular complexity index is 555. The zero-order valence-corrected chi connectivity index (χ0v) is 12.4. The molecule has 2 aromatic rings. The quantitative estimate of drug-likeness (QED) is 0.831. The fourth-order valence-electron chi connectivity index (χ4n) is 1.65. The molecule has 3 nitrogen and oxygen atoms in total. The van der Waals surface area contributed by atoms with E-state index in [1.807, 2.05) is 42.5 Å². The molecule has 0 aliphatic heterocycles. The number of benzene rings is 2. The van der Waals surface area contributed by atoms with Crippen LogP contribution in [0.15, 0.2) is 46.9 Å². The second-order valence-corrected chi connectivity index (χ2v) is 4.79. The van der Waals surface area contributed by atoms with Crippen LogP contribution in [0.4, 0.5) is 0 Å². The van der Waals surface area contributed by atoms with Crippen molar-refractivity contribution in [3.8, 4) is 17.2 Å². The molecular weight excluding hydrogens is 308 g/mol. The average molecular weight is 323 g/mol. The van der Waals surface area contributed by atoms with Gasteiger partial charge < -0.3 is 14.2 Å². The molecule has 0 aromatic heterocycles. The van der Waals surface area contributed by atoms with Gasteiger partial charge in [-0.25, -0.2) is 0 Å². The molecule has 2 aromatic carbocycles. The van der Waals surface area contributed by atoms with Crippen molar-refractivity contribution >= 4 is 15.9 Å². The van der Waals surface area contributed by atoms with Crippen LogP contribution in [0.1, 0.15) is 5.56 Å². The van der Waals surface area contributed by atoms with Gasteiger partial charge in [0.25, 0.3) is 0 Å². The molecule has 4 heteroatoms. The first-order chi connectivity index (χ1) is 9.22. The van der Waals surface area contributed by atoms with E-state index in [0.29, 0.717) is 6.61 Å². The van der Waals surface area contributed by atoms with Crippen molar-refractivity contribution in [1.82, 2.24) is 0 Å². The number of ether oxygens (including phenoxy) is 3. The van der Waals surface area contributed by atoms with Crippen molar-refractivity contribution in [3.05, 3.63) is 52.5 Å². The van der Waals surface area contributed by atoms with Gasteiger partial charge in [0.2, 0.25) is 0 Å². The molecule has 0 fully saturated rings. The molecule has 0 heterocycles. The van der Waals surface area contributed by atoms with Gasteiger partial charge in [-0.05, 0) is 51.8 Å². The van der Waals surface area contributed by atoms with Crippen molar-refractivity contribution in [2.45, 2.75) is 6.61 Å². The van der Waals surface area contributed by atoms with Crippen LogP contribution in [0.3, 0.4) is 0 Å². The molecule has 0 bridgehead atoms. The van der Waals surface area contributed by atoms with Crippen molar-refractivity contribution < 1.29 is 14.2 Å². The summed E-state index contributed by atoms with van der Waals surface area (Å²) in [4.78, 5) is 0. The van der Waals surface area contributed by atoms with Crippen LogP contribution in [0.2, 0.25) is 0 Å². The lowest BCUT2D eigenvalue weighted by atomic mass is 10.2. The van der Waals surface area contributed by atoms with Crippen LogP contribution < -0.4 is 14.2 Å². The third-order valence-corrected chi connectivity index (χ3v) is 3.29. The van der Waals surface area contributed by atoms with E-state index >= 15 is 0 Å². The van der Waals surface area contributed by atoms with Gasteiger partial charge in [-0.2, -0.15) is 0 Å². The Morgan fingerprint density at radius 2 is 1.68 bits per heavy atom. The summed E-state index contributed by atoms with van der Waals surface area (Å²) in [6.45, 7) is 0.488. The summed E-state index contributed by atoms with van der Waals surface area (Å²) in [6.07, 6.45) is 0. The van der Waals surface area contributed by atoms with E-state index < -0.39 is 0 Å². The van der Waals surface area contributed by atoms with Gasteiger partial charge in [0.1, 0.15) is 23.9 Å². The van der Waals surface area contributed by atoms with E-state index in [-0.39, 0.29) is 0 Å². The second-order valence-electron chi connectivity index (χ2n) is 3.94. The first kappa shape index (κ1) is 13.7. The summed E-state index contributed by atoms with van der Waals surface area (Å²) >= 11 is 3.46. The summed E-state index contributed by atoms with van der Waals surface area (Å²) in [5, 5.41) is 0. The molecule has 0 aliphatic rings. The molecule has 0 saturated heterocycles. The highest BCUT2D eigenvalue weighted by atomic mass is 79.9. The predicted molar refractivity (Wildman–Crippen MR) is 78.0 cm³/mol. The molecule has 0 amide bonds. The molecule has 100 valence electrons. The Morgan fingerprint density at radius 3 is 2.37 bits per heavy atom. The van der Waals surface area contributed by atoms with E-state index in [1.54, 1.807) is 14.2 Å². The highest BCUT2D eigenvalue weighted by Gasteiger charge is 2.04. The van der Waals surface area contributed by atoms with Gasteiger partial charge in [-0.3, -0.25) is 0 Å². The summed E-state index contributed by atoms with van der Waals surface area (Å²) in [5.41, 5.74) is 1.06. The Kier molecular flexibility index (Phi) is 4.68. The number of hydrogen-bond acceptors (Lipinski definition) is 3. The normalized spacial score (nSPS) is 10.1. The minimum Gasteiger partial charge on any atom is -0.497 e. The van der Waals surface area contributed by atoms with Crippen molar-refractivity contribution in [2.75, 3.05) is 14.2 Å². The van der Waals surface area contributed by atoms with Crippen molar-refractivity contribution in [3.63, 3.8) is 0 Å². The van der Waals surface area contributed by atoms with Crippen LogP contribution in [0, 0.1) is 0 Å². The van der Waals surface area contributed by atoms with Crippen molar-refractivity contribution in [2.24, 2.45) is 0 Å². The van der Waals surface area contributed by atoms with Crippen LogP contribution >= 0.6 is 15.9 Å². The maximum absolute atomic E-state index is 5.76. The Hall–Kier alpha value is -1.68. The standard InChI is InChI=1S/C15H15BrO3/c1-17-12-5-3-4-11(8-12)10-19-15-7-6-13(18-2)9-14(15)16/h3-9H,10H2,1-2H3.